The number of nitrogens with one attached hydrogen (secondary N) is 4. The first kappa shape index (κ1) is 46.2. The molecule has 1 aromatic heterocycles. The second-order valence-electron chi connectivity index (χ2n) is 15.9. The average molecular weight is 829 g/mol. The Bertz CT molecular complexity index is 1890. The van der Waals surface area contributed by atoms with Crippen molar-refractivity contribution >= 4 is 44.9 Å². The molecule has 2 heterocycles. The van der Waals surface area contributed by atoms with Gasteiger partial charge >= 0.3 is 6.09 Å². The molecule has 58 heavy (non-hydrogen) atoms. The number of ether oxygens (including phenoxy) is 2. The minimum atomic E-state index is -3.86. The Hall–Kier alpha value is -4.47. The molecule has 0 radical (unpaired) electrons. The number of amides is 4. The Kier molecular flexibility index (Phi) is 18.0. The van der Waals surface area contributed by atoms with Crippen LogP contribution in [0.25, 0.3) is 11.0 Å². The Balaban J connectivity index is 0.000000278. The molecule has 2 aromatic rings. The van der Waals surface area contributed by atoms with Crippen molar-refractivity contribution in [3.63, 3.8) is 0 Å². The number of benzene rings is 1. The second-order valence-corrected chi connectivity index (χ2v) is 18.1. The van der Waals surface area contributed by atoms with Crippen LogP contribution in [-0.4, -0.2) is 91.2 Å². The number of fused-ring (bicyclic) bond motifs is 1. The van der Waals surface area contributed by atoms with Crippen LogP contribution >= 0.6 is 0 Å². The van der Waals surface area contributed by atoms with Gasteiger partial charge in [0.1, 0.15) is 30.1 Å². The largest absolute Gasteiger partial charge is 0.497 e. The van der Waals surface area contributed by atoms with E-state index in [1.165, 1.54) is 57.0 Å². The number of sulfonamides is 1. The third-order valence-electron chi connectivity index (χ3n) is 11.4. The van der Waals surface area contributed by atoms with Crippen molar-refractivity contribution in [1.29, 1.82) is 0 Å². The van der Waals surface area contributed by atoms with Crippen LogP contribution in [0.15, 0.2) is 35.1 Å². The van der Waals surface area contributed by atoms with Crippen molar-refractivity contribution in [2.45, 2.75) is 146 Å². The quantitative estimate of drug-likeness (QED) is 0.0965. The van der Waals surface area contributed by atoms with Gasteiger partial charge in [0.25, 0.3) is 11.5 Å². The first-order chi connectivity index (χ1) is 27.8. The molecule has 1 saturated heterocycles. The van der Waals surface area contributed by atoms with Crippen molar-refractivity contribution in [2.75, 3.05) is 27.3 Å². The van der Waals surface area contributed by atoms with Crippen molar-refractivity contribution in [2.24, 2.45) is 5.92 Å². The summed E-state index contributed by atoms with van der Waals surface area (Å²) in [6.45, 7) is 3.69. The molecule has 322 valence electrons. The van der Waals surface area contributed by atoms with E-state index in [0.717, 1.165) is 61.2 Å². The van der Waals surface area contributed by atoms with Gasteiger partial charge in [0.05, 0.1) is 30.0 Å². The van der Waals surface area contributed by atoms with E-state index in [2.05, 4.69) is 37.0 Å². The molecule has 4 amide bonds. The minimum Gasteiger partial charge on any atom is -0.497 e. The molecule has 16 heteroatoms. The number of nitrogens with zero attached hydrogens (tertiary/aromatic N) is 2. The highest BCUT2D eigenvalue weighted by Gasteiger charge is 2.51. The van der Waals surface area contributed by atoms with Crippen LogP contribution in [0.2, 0.25) is 0 Å². The number of rotatable bonds is 20. The molecule has 0 bridgehead atoms. The second kappa shape index (κ2) is 22.6. The summed E-state index contributed by atoms with van der Waals surface area (Å²) in [5.41, 5.74) is 2.15. The van der Waals surface area contributed by atoms with Crippen LogP contribution in [0, 0.1) is 5.92 Å². The van der Waals surface area contributed by atoms with E-state index >= 15 is 0 Å². The van der Waals surface area contributed by atoms with Gasteiger partial charge in [-0.15, -0.1) is 0 Å². The van der Waals surface area contributed by atoms with Crippen molar-refractivity contribution in [1.82, 2.24) is 30.2 Å². The van der Waals surface area contributed by atoms with Crippen LogP contribution < -0.4 is 25.7 Å². The average Bonchev–Trinajstić information content (AvgIpc) is 3.54. The van der Waals surface area contributed by atoms with Crippen LogP contribution in [0.5, 0.6) is 5.75 Å². The summed E-state index contributed by atoms with van der Waals surface area (Å²) in [6, 6.07) is 3.66. The summed E-state index contributed by atoms with van der Waals surface area (Å²) in [4.78, 5) is 70.7. The lowest BCUT2D eigenvalue weighted by Crippen LogP contribution is -2.55. The zero-order valence-corrected chi connectivity index (χ0v) is 35.6. The third-order valence-corrected chi connectivity index (χ3v) is 13.6. The number of hydrogen-bond acceptors (Lipinski definition) is 10. The predicted molar refractivity (Wildman–Crippen MR) is 223 cm³/mol. The summed E-state index contributed by atoms with van der Waals surface area (Å²) in [5.74, 6) is -0.0905. The molecule has 2 saturated carbocycles. The fourth-order valence-electron chi connectivity index (χ4n) is 7.39. The highest BCUT2D eigenvalue weighted by Crippen LogP contribution is 2.42. The maximum atomic E-state index is 13.0. The lowest BCUT2D eigenvalue weighted by Gasteiger charge is -2.26. The van der Waals surface area contributed by atoms with Gasteiger partial charge in [-0.3, -0.25) is 23.9 Å². The van der Waals surface area contributed by atoms with E-state index in [9.17, 15) is 32.4 Å². The van der Waals surface area contributed by atoms with Gasteiger partial charge in [-0.1, -0.05) is 76.9 Å². The van der Waals surface area contributed by atoms with Gasteiger partial charge in [0.2, 0.25) is 21.8 Å². The normalized spacial score (nSPS) is 18.0. The lowest BCUT2D eigenvalue weighted by molar-refractivity contribution is -0.138. The van der Waals surface area contributed by atoms with Crippen LogP contribution in [0.1, 0.15) is 129 Å². The molecule has 2 unspecified atom stereocenters. The van der Waals surface area contributed by atoms with Gasteiger partial charge in [-0.05, 0) is 82.8 Å². The number of aryl methyl sites for hydroxylation is 1. The number of carbonyl (C=O) groups excluding carboxylic acids is 4. The number of unbranched alkanes of at least 4 members (excludes halogenated alkanes) is 5. The SMILES string of the molecule is CCCCC/C=C\CC(NC(=O)C1CCCN1C(=O)CNC(=O)OC)C(=O)NS(=O)(=O)C1(C)CC1.COc1ccc2nc(CCCCCC3CCCC3)c(=O)[nH]c2c1. The molecular formula is C42H64N6O9S. The Morgan fingerprint density at radius 3 is 2.47 bits per heavy atom. The van der Waals surface area contributed by atoms with Gasteiger partial charge in [0, 0.05) is 12.6 Å². The Morgan fingerprint density at radius 2 is 1.78 bits per heavy atom. The zero-order chi connectivity index (χ0) is 42.1. The molecular weight excluding hydrogens is 765 g/mol. The molecule has 2 aliphatic carbocycles. The van der Waals surface area contributed by atoms with E-state index in [1.54, 1.807) is 20.1 Å². The topological polar surface area (TPSA) is 206 Å². The maximum absolute atomic E-state index is 13.0. The number of carbonyl (C=O) groups is 4. The van der Waals surface area contributed by atoms with E-state index in [0.29, 0.717) is 37.9 Å². The summed E-state index contributed by atoms with van der Waals surface area (Å²) < 4.78 is 35.9. The van der Waals surface area contributed by atoms with E-state index in [-0.39, 0.29) is 18.5 Å². The van der Waals surface area contributed by atoms with E-state index in [4.69, 9.17) is 4.74 Å². The predicted octanol–water partition coefficient (Wildman–Crippen LogP) is 5.57. The zero-order valence-electron chi connectivity index (χ0n) is 34.7. The maximum Gasteiger partial charge on any atom is 0.407 e. The van der Waals surface area contributed by atoms with Crippen LogP contribution in [0.3, 0.4) is 0 Å². The van der Waals surface area contributed by atoms with Crippen molar-refractivity contribution in [3.05, 3.63) is 46.4 Å². The number of aromatic amines is 1. The first-order valence-corrected chi connectivity index (χ1v) is 22.5. The monoisotopic (exact) mass is 828 g/mol. The fourth-order valence-corrected chi connectivity index (χ4v) is 8.69. The minimum absolute atomic E-state index is 0.0680. The van der Waals surface area contributed by atoms with Crippen molar-refractivity contribution < 1.29 is 37.1 Å². The fraction of sp³-hybridized carbons (Fsp3) is 0.667. The van der Waals surface area contributed by atoms with Gasteiger partial charge < -0.3 is 30.0 Å². The van der Waals surface area contributed by atoms with Crippen LogP contribution in [0.4, 0.5) is 4.79 Å². The Labute approximate surface area is 342 Å². The number of likely N-dealkylation sites (tertiary alicyclic amines) is 1. The van der Waals surface area contributed by atoms with E-state index in [1.807, 2.05) is 24.3 Å². The highest BCUT2D eigenvalue weighted by atomic mass is 32.2. The summed E-state index contributed by atoms with van der Waals surface area (Å²) in [6.07, 6.45) is 20.3. The molecule has 3 aliphatic rings. The summed E-state index contributed by atoms with van der Waals surface area (Å²) in [7, 11) is -1.06. The molecule has 5 rings (SSSR count). The van der Waals surface area contributed by atoms with Crippen molar-refractivity contribution in [3.8, 4) is 5.75 Å². The smallest absolute Gasteiger partial charge is 0.407 e. The highest BCUT2D eigenvalue weighted by molar-refractivity contribution is 7.91. The van der Waals surface area contributed by atoms with E-state index < -0.39 is 50.7 Å². The lowest BCUT2D eigenvalue weighted by atomic mass is 9.99. The van der Waals surface area contributed by atoms with Gasteiger partial charge in [-0.2, -0.15) is 0 Å². The number of allylic oxidation sites excluding steroid dienone is 1. The Morgan fingerprint density at radius 1 is 1.02 bits per heavy atom. The molecule has 3 fully saturated rings. The van der Waals surface area contributed by atoms with Gasteiger partial charge in [-0.25, -0.2) is 18.2 Å². The molecule has 2 atom stereocenters. The number of hydrogen-bond donors (Lipinski definition) is 4. The summed E-state index contributed by atoms with van der Waals surface area (Å²) >= 11 is 0. The summed E-state index contributed by atoms with van der Waals surface area (Å²) in [5, 5.41) is 4.94. The molecule has 1 aliphatic heterocycles. The standard InChI is InChI=1S/C23H38N4O7S.C19H26N2O2/c1-4-5-6-7-8-9-11-17(20(29)26-35(32,33)23(2)13-14-23)25-21(30)18-12-10-15-27(18)19(28)16-24-22(31)34-3;1-23-15-11-12-16-18(13-15)21-19(22)17(20-16)10-4-2-3-7-14-8-5-6-9-14/h8-9,17-18H,4-7,10-16H2,1-3H3,(H,24,31)(H,25,30)(H,26,29);11-14H,2-10H2,1H3,(H,21,22)/b9-8-;. The number of H-pyrrole nitrogens is 1. The number of methoxy groups -OCH3 is 2. The number of alkyl carbamates (subject to hydrolysis) is 1. The molecule has 15 nitrogen and oxygen atoms in total. The third kappa shape index (κ3) is 13.8. The molecule has 0 spiro atoms. The first-order valence-electron chi connectivity index (χ1n) is 21.0. The molecule has 1 aromatic carbocycles. The molecule has 4 N–H and O–H groups in total. The van der Waals surface area contributed by atoms with Crippen LogP contribution in [-0.2, 0) is 35.6 Å². The van der Waals surface area contributed by atoms with Gasteiger partial charge in [0.15, 0.2) is 0 Å². The number of aromatic nitrogens is 2.